The van der Waals surface area contributed by atoms with Gasteiger partial charge in [0.25, 0.3) is 0 Å². The Balaban J connectivity index is 1.28. The minimum atomic E-state index is 0.978. The highest BCUT2D eigenvalue weighted by molar-refractivity contribution is 6.04. The maximum atomic E-state index is 5.15. The van der Waals surface area contributed by atoms with Crippen molar-refractivity contribution in [3.8, 4) is 22.5 Å². The lowest BCUT2D eigenvalue weighted by molar-refractivity contribution is 0.540. The predicted octanol–water partition coefficient (Wildman–Crippen LogP) is 10.9. The number of fused-ring (bicyclic) bond motifs is 2. The highest BCUT2D eigenvalue weighted by atomic mass is 14.8. The third-order valence-electron chi connectivity index (χ3n) is 8.70. The van der Waals surface area contributed by atoms with E-state index in [0.29, 0.717) is 0 Å². The first-order chi connectivity index (χ1) is 19.8. The maximum absolute atomic E-state index is 5.15. The molecule has 0 fully saturated rings. The Morgan fingerprint density at radius 3 is 1.02 bits per heavy atom. The van der Waals surface area contributed by atoms with Crippen molar-refractivity contribution in [3.05, 3.63) is 96.1 Å². The number of nitrogens with zero attached hydrogens (tertiary/aromatic N) is 2. The molecule has 0 atom stereocenters. The Kier molecular flexibility index (Phi) is 8.82. The van der Waals surface area contributed by atoms with Crippen molar-refractivity contribution >= 4 is 21.8 Å². The van der Waals surface area contributed by atoms with Crippen LogP contribution in [-0.2, 0) is 12.8 Å². The fourth-order valence-corrected chi connectivity index (χ4v) is 6.20. The molecule has 8 bridgehead atoms. The summed E-state index contributed by atoms with van der Waals surface area (Å²) in [5, 5.41) is 2.26. The van der Waals surface area contributed by atoms with Crippen LogP contribution in [0, 0.1) is 0 Å². The van der Waals surface area contributed by atoms with Crippen molar-refractivity contribution in [2.45, 2.75) is 89.9 Å². The van der Waals surface area contributed by atoms with Crippen molar-refractivity contribution in [3.63, 3.8) is 0 Å². The van der Waals surface area contributed by atoms with E-state index in [0.717, 1.165) is 33.2 Å². The van der Waals surface area contributed by atoms with Gasteiger partial charge < -0.3 is 0 Å². The van der Waals surface area contributed by atoms with E-state index in [-0.39, 0.29) is 0 Å². The SMILES string of the molecule is c1cc2ccc1CCCCCCCCCCCCCCc1ccc(cc1)-c1ccc3ccc4ccc-2nc4c3n1. The molecule has 2 nitrogen and oxygen atoms in total. The van der Waals surface area contributed by atoms with Crippen molar-refractivity contribution in [1.82, 2.24) is 9.97 Å². The summed E-state index contributed by atoms with van der Waals surface area (Å²) in [6.07, 6.45) is 18.8. The van der Waals surface area contributed by atoms with E-state index in [1.807, 2.05) is 0 Å². The van der Waals surface area contributed by atoms with Gasteiger partial charge in [0.15, 0.2) is 0 Å². The lowest BCUT2D eigenvalue weighted by atomic mass is 10.0. The van der Waals surface area contributed by atoms with Crippen molar-refractivity contribution in [2.24, 2.45) is 0 Å². The largest absolute Gasteiger partial charge is 0.245 e. The lowest BCUT2D eigenvalue weighted by Crippen LogP contribution is -1.92. The number of aromatic nitrogens is 2. The minimum Gasteiger partial charge on any atom is -0.245 e. The molecule has 0 aliphatic carbocycles. The average Bonchev–Trinajstić information content (AvgIpc) is 3.01. The van der Waals surface area contributed by atoms with Crippen molar-refractivity contribution < 1.29 is 0 Å². The number of aryl methyl sites for hydroxylation is 2. The molecule has 0 saturated carbocycles. The van der Waals surface area contributed by atoms with Crippen LogP contribution in [-0.4, -0.2) is 9.97 Å². The summed E-state index contributed by atoms with van der Waals surface area (Å²) in [7, 11) is 0. The fourth-order valence-electron chi connectivity index (χ4n) is 6.20. The molecule has 0 unspecified atom stereocenters. The van der Waals surface area contributed by atoms with Crippen LogP contribution in [0.3, 0.4) is 0 Å². The summed E-state index contributed by atoms with van der Waals surface area (Å²) in [4.78, 5) is 10.3. The Hall–Kier alpha value is -3.52. The molecule has 204 valence electrons. The lowest BCUT2D eigenvalue weighted by Gasteiger charge is -2.09. The van der Waals surface area contributed by atoms with Crippen LogP contribution < -0.4 is 0 Å². The molecule has 3 aliphatic heterocycles. The molecule has 3 aliphatic rings. The van der Waals surface area contributed by atoms with Gasteiger partial charge in [-0.05, 0) is 48.9 Å². The predicted molar refractivity (Wildman–Crippen MR) is 171 cm³/mol. The Morgan fingerprint density at radius 2 is 0.650 bits per heavy atom. The third kappa shape index (κ3) is 6.61. The van der Waals surface area contributed by atoms with Gasteiger partial charge in [0, 0.05) is 21.9 Å². The average molecular weight is 527 g/mol. The highest BCUT2D eigenvalue weighted by Crippen LogP contribution is 2.29. The molecule has 0 N–H and O–H groups in total. The van der Waals surface area contributed by atoms with Gasteiger partial charge in [-0.3, -0.25) is 0 Å². The number of hydrogen-bond acceptors (Lipinski definition) is 2. The molecule has 5 heterocycles. The Bertz CT molecular complexity index is 1410. The van der Waals surface area contributed by atoms with E-state index < -0.39 is 0 Å². The van der Waals surface area contributed by atoms with Crippen LogP contribution in [0.2, 0.25) is 0 Å². The molecular weight excluding hydrogens is 484 g/mol. The van der Waals surface area contributed by atoms with Gasteiger partial charge in [-0.1, -0.05) is 137 Å². The van der Waals surface area contributed by atoms with Crippen LogP contribution >= 0.6 is 0 Å². The quantitative estimate of drug-likeness (QED) is 0.188. The smallest absolute Gasteiger partial charge is 0.0972 e. The zero-order valence-electron chi connectivity index (χ0n) is 23.9. The summed E-state index contributed by atoms with van der Waals surface area (Å²) in [6, 6.07) is 31.1. The molecule has 5 aromatic rings. The summed E-state index contributed by atoms with van der Waals surface area (Å²) < 4.78 is 0. The van der Waals surface area contributed by atoms with Crippen molar-refractivity contribution in [2.75, 3.05) is 0 Å². The van der Waals surface area contributed by atoms with E-state index >= 15 is 0 Å². The van der Waals surface area contributed by atoms with E-state index in [1.165, 1.54) is 112 Å². The Labute approximate surface area is 239 Å². The number of benzene rings is 3. The number of hydrogen-bond donors (Lipinski definition) is 0. The minimum absolute atomic E-state index is 0.978. The zero-order chi connectivity index (χ0) is 27.0. The summed E-state index contributed by atoms with van der Waals surface area (Å²) in [5.74, 6) is 0. The topological polar surface area (TPSA) is 25.8 Å². The van der Waals surface area contributed by atoms with Gasteiger partial charge in [0.1, 0.15) is 0 Å². The maximum Gasteiger partial charge on any atom is 0.0972 e. The van der Waals surface area contributed by atoms with Gasteiger partial charge in [0.05, 0.1) is 22.4 Å². The van der Waals surface area contributed by atoms with Crippen LogP contribution in [0.1, 0.15) is 88.2 Å². The van der Waals surface area contributed by atoms with E-state index in [1.54, 1.807) is 0 Å². The number of pyridine rings is 2. The van der Waals surface area contributed by atoms with Gasteiger partial charge in [0.2, 0.25) is 0 Å². The third-order valence-corrected chi connectivity index (χ3v) is 8.70. The highest BCUT2D eigenvalue weighted by Gasteiger charge is 2.09. The second kappa shape index (κ2) is 13.2. The second-order valence-corrected chi connectivity index (χ2v) is 11.7. The van der Waals surface area contributed by atoms with Crippen LogP contribution in [0.4, 0.5) is 0 Å². The van der Waals surface area contributed by atoms with Gasteiger partial charge in [-0.25, -0.2) is 9.97 Å². The summed E-state index contributed by atoms with van der Waals surface area (Å²) in [5.41, 5.74) is 9.18. The first-order valence-corrected chi connectivity index (χ1v) is 15.7. The van der Waals surface area contributed by atoms with E-state index in [4.69, 9.17) is 9.97 Å². The molecule has 0 radical (unpaired) electrons. The molecule has 8 rings (SSSR count). The van der Waals surface area contributed by atoms with E-state index in [9.17, 15) is 0 Å². The monoisotopic (exact) mass is 526 g/mol. The van der Waals surface area contributed by atoms with Crippen LogP contribution in [0.25, 0.3) is 44.3 Å². The zero-order valence-corrected chi connectivity index (χ0v) is 23.9. The van der Waals surface area contributed by atoms with Crippen LogP contribution in [0.5, 0.6) is 0 Å². The molecule has 3 aromatic carbocycles. The van der Waals surface area contributed by atoms with E-state index in [2.05, 4.69) is 84.9 Å². The second-order valence-electron chi connectivity index (χ2n) is 11.7. The van der Waals surface area contributed by atoms with Crippen LogP contribution in [0.15, 0.2) is 84.9 Å². The fraction of sp³-hybridized carbons (Fsp3) is 0.368. The Morgan fingerprint density at radius 1 is 0.325 bits per heavy atom. The summed E-state index contributed by atoms with van der Waals surface area (Å²) >= 11 is 0. The molecule has 0 amide bonds. The van der Waals surface area contributed by atoms with Gasteiger partial charge in [-0.15, -0.1) is 0 Å². The molecule has 40 heavy (non-hydrogen) atoms. The standard InChI is InChI=1S/C38H42N2/c1-2-4-6-8-10-12-14-30-17-21-32(22-18-30)36-28-26-34-24-23-33-25-27-35(39-37(33)38(34)40-36)31-19-15-29(16-20-31)13-11-9-7-5-3-1/h15-28H,1-14H2. The molecule has 0 spiro atoms. The van der Waals surface area contributed by atoms with Crippen molar-refractivity contribution in [1.29, 1.82) is 0 Å². The first-order valence-electron chi connectivity index (χ1n) is 15.7. The normalized spacial score (nSPS) is 16.1. The molecule has 2 aromatic heterocycles. The first kappa shape index (κ1) is 26.7. The van der Waals surface area contributed by atoms with Gasteiger partial charge >= 0.3 is 0 Å². The molecule has 0 saturated heterocycles. The summed E-state index contributed by atoms with van der Waals surface area (Å²) in [6.45, 7) is 0. The molecular formula is C38H42N2. The molecule has 2 heteroatoms. The number of rotatable bonds is 0. The van der Waals surface area contributed by atoms with Gasteiger partial charge in [-0.2, -0.15) is 0 Å².